The van der Waals surface area contributed by atoms with Crippen LogP contribution in [0.4, 0.5) is 0 Å². The van der Waals surface area contributed by atoms with Crippen LogP contribution < -0.4 is 0 Å². The summed E-state index contributed by atoms with van der Waals surface area (Å²) in [7, 11) is 0. The highest BCUT2D eigenvalue weighted by Gasteiger charge is 2.19. The van der Waals surface area contributed by atoms with E-state index in [9.17, 15) is 14.4 Å². The third-order valence-electron chi connectivity index (χ3n) is 13.1. The minimum atomic E-state index is -0.828. The molecule has 1 unspecified atom stereocenters. The molecule has 0 saturated heterocycles. The van der Waals surface area contributed by atoms with Crippen molar-refractivity contribution in [2.45, 2.75) is 297 Å². The molecule has 418 valence electrons. The highest BCUT2D eigenvalue weighted by Crippen LogP contribution is 2.16. The molecule has 0 aliphatic carbocycles. The van der Waals surface area contributed by atoms with E-state index in [1.54, 1.807) is 6.08 Å². The minimum absolute atomic E-state index is 0.0978. The lowest BCUT2D eigenvalue weighted by Gasteiger charge is -2.18. The second kappa shape index (κ2) is 60.9. The molecule has 0 aromatic heterocycles. The zero-order valence-electron chi connectivity index (χ0n) is 47.9. The lowest BCUT2D eigenvalue weighted by atomic mass is 10.0. The Morgan fingerprint density at radius 1 is 0.301 bits per heavy atom. The number of hydrogen-bond donors (Lipinski definition) is 0. The zero-order chi connectivity index (χ0) is 52.9. The maximum absolute atomic E-state index is 12.7. The molecule has 0 aliphatic rings. The van der Waals surface area contributed by atoms with E-state index in [4.69, 9.17) is 14.2 Å². The van der Waals surface area contributed by atoms with Crippen LogP contribution in [0.2, 0.25) is 0 Å². The van der Waals surface area contributed by atoms with Gasteiger partial charge < -0.3 is 14.2 Å². The van der Waals surface area contributed by atoms with Gasteiger partial charge in [0.1, 0.15) is 13.2 Å². The third-order valence-corrected chi connectivity index (χ3v) is 13.1. The number of rotatable bonds is 55. The predicted octanol–water partition coefficient (Wildman–Crippen LogP) is 20.9. The molecule has 0 radical (unpaired) electrons. The van der Waals surface area contributed by atoms with Crippen molar-refractivity contribution in [3.63, 3.8) is 0 Å². The Morgan fingerprint density at radius 3 is 0.904 bits per heavy atom. The number of hydrogen-bond acceptors (Lipinski definition) is 6. The number of allylic oxidation sites excluding steroid dienone is 15. The van der Waals surface area contributed by atoms with Crippen molar-refractivity contribution in [2.75, 3.05) is 13.2 Å². The van der Waals surface area contributed by atoms with Crippen molar-refractivity contribution >= 4 is 17.9 Å². The molecular formula is C67H114O6. The summed E-state index contributed by atoms with van der Waals surface area (Å²) in [5, 5.41) is 0. The van der Waals surface area contributed by atoms with Gasteiger partial charge >= 0.3 is 17.9 Å². The van der Waals surface area contributed by atoms with Crippen LogP contribution in [0.3, 0.4) is 0 Å². The van der Waals surface area contributed by atoms with E-state index < -0.39 is 12.1 Å². The largest absolute Gasteiger partial charge is 0.462 e. The van der Waals surface area contributed by atoms with Gasteiger partial charge in [-0.3, -0.25) is 14.4 Å². The molecule has 0 N–H and O–H groups in total. The average Bonchev–Trinajstić information content (AvgIpc) is 3.39. The Labute approximate surface area is 451 Å². The quantitative estimate of drug-likeness (QED) is 0.0261. The van der Waals surface area contributed by atoms with Gasteiger partial charge in [0.15, 0.2) is 6.10 Å². The van der Waals surface area contributed by atoms with Crippen molar-refractivity contribution in [3.05, 3.63) is 97.2 Å². The minimum Gasteiger partial charge on any atom is -0.462 e. The normalized spacial score (nSPS) is 12.8. The zero-order valence-corrected chi connectivity index (χ0v) is 47.9. The smallest absolute Gasteiger partial charge is 0.310 e. The van der Waals surface area contributed by atoms with Gasteiger partial charge in [0.2, 0.25) is 0 Å². The number of unbranched alkanes of at least 4 members (excludes halogenated alkanes) is 29. The third kappa shape index (κ3) is 59.1. The fourth-order valence-electron chi connectivity index (χ4n) is 8.53. The number of esters is 3. The van der Waals surface area contributed by atoms with Crippen LogP contribution in [-0.2, 0) is 28.6 Å². The molecule has 0 heterocycles. The molecule has 6 heteroatoms. The van der Waals surface area contributed by atoms with E-state index in [0.717, 1.165) is 83.5 Å². The van der Waals surface area contributed by atoms with Gasteiger partial charge in [0.25, 0.3) is 0 Å². The Bertz CT molecular complexity index is 1440. The van der Waals surface area contributed by atoms with E-state index in [0.29, 0.717) is 12.8 Å². The van der Waals surface area contributed by atoms with E-state index >= 15 is 0 Å². The number of carbonyl (C=O) groups excluding carboxylic acids is 3. The molecule has 0 saturated carbocycles. The maximum atomic E-state index is 12.7. The van der Waals surface area contributed by atoms with Crippen LogP contribution in [0.15, 0.2) is 97.2 Å². The molecule has 0 spiro atoms. The molecule has 0 aromatic carbocycles. The first kappa shape index (κ1) is 69.3. The summed E-state index contributed by atoms with van der Waals surface area (Å²) in [4.78, 5) is 37.9. The molecule has 73 heavy (non-hydrogen) atoms. The van der Waals surface area contributed by atoms with Crippen molar-refractivity contribution in [1.29, 1.82) is 0 Å². The standard InChI is InChI=1S/C67H114O6/c1-4-7-10-13-16-18-20-22-24-25-26-27-28-29-30-31-32-33-34-35-36-37-38-39-40-41-43-44-46-48-51-54-57-60-66(69)72-63-64(62-71-65(68)59-56-53-50-15-12-9-6-3)73-67(70)61-58-55-52-49-47-45-42-23-21-19-17-14-11-8-5-2/h8,11,17,19-20,22-23,25-26,28-29,42,47,49,55,58,64H,4-7,9-10,12-16,18,21,24,27,30-41,43-46,48,50-54,56-57,59-63H2,1-3H3/b11-8-,19-17-,22-20-,26-25-,29-28-,42-23-,49-47-,58-55-. The van der Waals surface area contributed by atoms with E-state index in [-0.39, 0.29) is 31.6 Å². The summed E-state index contributed by atoms with van der Waals surface area (Å²) in [6.07, 6.45) is 82.0. The van der Waals surface area contributed by atoms with Gasteiger partial charge in [-0.05, 0) is 83.5 Å². The summed E-state index contributed by atoms with van der Waals surface area (Å²) in [6.45, 7) is 6.39. The molecule has 0 rings (SSSR count). The molecule has 0 aromatic rings. The van der Waals surface area contributed by atoms with E-state index in [1.165, 1.54) is 167 Å². The number of ether oxygens (including phenoxy) is 3. The Balaban J connectivity index is 4.06. The molecule has 6 nitrogen and oxygen atoms in total. The topological polar surface area (TPSA) is 78.9 Å². The molecule has 0 aliphatic heterocycles. The van der Waals surface area contributed by atoms with E-state index in [2.05, 4.69) is 106 Å². The highest BCUT2D eigenvalue weighted by atomic mass is 16.6. The van der Waals surface area contributed by atoms with Gasteiger partial charge in [0.05, 0.1) is 6.42 Å². The van der Waals surface area contributed by atoms with Crippen molar-refractivity contribution < 1.29 is 28.6 Å². The number of carbonyl (C=O) groups is 3. The van der Waals surface area contributed by atoms with Crippen LogP contribution in [0.1, 0.15) is 290 Å². The van der Waals surface area contributed by atoms with Crippen LogP contribution in [0, 0.1) is 0 Å². The fraction of sp³-hybridized carbons (Fsp3) is 0.716. The highest BCUT2D eigenvalue weighted by molar-refractivity contribution is 5.72. The van der Waals surface area contributed by atoms with Crippen molar-refractivity contribution in [1.82, 2.24) is 0 Å². The van der Waals surface area contributed by atoms with Crippen LogP contribution in [0.5, 0.6) is 0 Å². The first-order valence-corrected chi connectivity index (χ1v) is 30.7. The molecular weight excluding hydrogens is 901 g/mol. The second-order valence-corrected chi connectivity index (χ2v) is 20.3. The monoisotopic (exact) mass is 1010 g/mol. The fourth-order valence-corrected chi connectivity index (χ4v) is 8.53. The van der Waals surface area contributed by atoms with Gasteiger partial charge in [-0.1, -0.05) is 285 Å². The Morgan fingerprint density at radius 2 is 0.575 bits per heavy atom. The molecule has 0 amide bonds. The Hall–Kier alpha value is -3.67. The van der Waals surface area contributed by atoms with Gasteiger partial charge in [-0.2, -0.15) is 0 Å². The lowest BCUT2D eigenvalue weighted by molar-refractivity contribution is -0.166. The summed E-state index contributed by atoms with van der Waals surface area (Å²) >= 11 is 0. The molecule has 1 atom stereocenters. The predicted molar refractivity (Wildman–Crippen MR) is 316 cm³/mol. The second-order valence-electron chi connectivity index (χ2n) is 20.3. The summed E-state index contributed by atoms with van der Waals surface area (Å²) in [6, 6.07) is 0. The van der Waals surface area contributed by atoms with Gasteiger partial charge in [-0.25, -0.2) is 0 Å². The lowest BCUT2D eigenvalue weighted by Crippen LogP contribution is -2.30. The SMILES string of the molecule is CC/C=C\C/C=C\C/C=C\C/C=C\C/C=C\CC(=O)OC(COC(=O)CCCCCCCCC)COC(=O)CCCCCCCCCCCCCCCCCCCC/C=C\C/C=C\C/C=C\CCCCCCC. The summed E-state index contributed by atoms with van der Waals surface area (Å²) in [5.74, 6) is -1.05. The summed E-state index contributed by atoms with van der Waals surface area (Å²) < 4.78 is 16.7. The first-order chi connectivity index (χ1) is 36.0. The van der Waals surface area contributed by atoms with Crippen LogP contribution in [0.25, 0.3) is 0 Å². The Kier molecular flexibility index (Phi) is 57.8. The summed E-state index contributed by atoms with van der Waals surface area (Å²) in [5.41, 5.74) is 0. The van der Waals surface area contributed by atoms with Crippen molar-refractivity contribution in [2.24, 2.45) is 0 Å². The molecule has 0 fully saturated rings. The average molecular weight is 1020 g/mol. The van der Waals surface area contributed by atoms with Crippen molar-refractivity contribution in [3.8, 4) is 0 Å². The van der Waals surface area contributed by atoms with Crippen LogP contribution >= 0.6 is 0 Å². The maximum Gasteiger partial charge on any atom is 0.310 e. The van der Waals surface area contributed by atoms with E-state index in [1.807, 2.05) is 6.08 Å². The van der Waals surface area contributed by atoms with Crippen LogP contribution in [-0.4, -0.2) is 37.2 Å². The first-order valence-electron chi connectivity index (χ1n) is 30.7. The molecule has 0 bridgehead atoms. The van der Waals surface area contributed by atoms with Gasteiger partial charge in [0, 0.05) is 12.8 Å². The van der Waals surface area contributed by atoms with Gasteiger partial charge in [-0.15, -0.1) is 0 Å².